The third-order valence-corrected chi connectivity index (χ3v) is 9.16. The van der Waals surface area contributed by atoms with Gasteiger partial charge in [-0.15, -0.1) is 0 Å². The fraction of sp³-hybridized carbons (Fsp3) is 0.632. The Kier molecular flexibility index (Phi) is 6.67. The van der Waals surface area contributed by atoms with Crippen LogP contribution in [0.3, 0.4) is 0 Å². The van der Waals surface area contributed by atoms with E-state index in [0.717, 1.165) is 38.5 Å². The van der Waals surface area contributed by atoms with Gasteiger partial charge >= 0.3 is 5.97 Å². The molecule has 1 saturated heterocycles. The van der Waals surface area contributed by atoms with Gasteiger partial charge in [0.2, 0.25) is 20.0 Å². The summed E-state index contributed by atoms with van der Waals surface area (Å²) in [5.41, 5.74) is -1.27. The molecular weight excluding hydrogens is 416 g/mol. The molecule has 0 radical (unpaired) electrons. The summed E-state index contributed by atoms with van der Waals surface area (Å²) in [6, 6.07) is 5.16. The third kappa shape index (κ3) is 4.65. The highest BCUT2D eigenvalue weighted by Gasteiger charge is 2.44. The number of nitrogens with one attached hydrogen (secondary N) is 1. The summed E-state index contributed by atoms with van der Waals surface area (Å²) in [7, 11) is -6.41. The molecule has 0 bridgehead atoms. The monoisotopic (exact) mass is 444 g/mol. The maximum Gasteiger partial charge on any atom is 0.327 e. The van der Waals surface area contributed by atoms with Gasteiger partial charge in [-0.25, -0.2) is 16.8 Å². The molecule has 0 unspecified atom stereocenters. The summed E-state index contributed by atoms with van der Waals surface area (Å²) in [4.78, 5) is 12.3. The van der Waals surface area contributed by atoms with Crippen molar-refractivity contribution in [2.75, 3.05) is 20.2 Å². The van der Waals surface area contributed by atoms with Gasteiger partial charge < -0.3 is 4.74 Å². The summed E-state index contributed by atoms with van der Waals surface area (Å²) in [6.07, 6.45) is 5.80. The molecule has 1 aliphatic carbocycles. The second kappa shape index (κ2) is 8.71. The number of carbonyl (C=O) groups is 1. The van der Waals surface area contributed by atoms with Gasteiger partial charge in [0.15, 0.2) is 0 Å². The van der Waals surface area contributed by atoms with Crippen LogP contribution >= 0.6 is 0 Å². The molecule has 3 rings (SSSR count). The number of carbonyl (C=O) groups excluding carboxylic acids is 1. The summed E-state index contributed by atoms with van der Waals surface area (Å²) in [5, 5.41) is 0. The van der Waals surface area contributed by atoms with Gasteiger partial charge in [-0.2, -0.15) is 9.03 Å². The van der Waals surface area contributed by atoms with Gasteiger partial charge in [0.25, 0.3) is 0 Å². The SMILES string of the molecule is COC(=O)C1(NS(=O)(=O)c2ccc(S(=O)(=O)N3CCCCC3)cc2)CCCCC1. The number of nitrogens with zero attached hydrogens (tertiary/aromatic N) is 1. The number of esters is 1. The molecule has 1 aliphatic heterocycles. The molecular formula is C19H28N2O6S2. The lowest BCUT2D eigenvalue weighted by molar-refractivity contribution is -0.149. The zero-order valence-corrected chi connectivity index (χ0v) is 18.2. The lowest BCUT2D eigenvalue weighted by Gasteiger charge is -2.34. The van der Waals surface area contributed by atoms with Gasteiger partial charge in [0.1, 0.15) is 5.54 Å². The summed E-state index contributed by atoms with van der Waals surface area (Å²) < 4.78 is 60.1. The Morgan fingerprint density at radius 1 is 0.897 bits per heavy atom. The van der Waals surface area contributed by atoms with Crippen molar-refractivity contribution in [3.8, 4) is 0 Å². The van der Waals surface area contributed by atoms with Crippen LogP contribution in [0.1, 0.15) is 51.4 Å². The Balaban J connectivity index is 1.83. The third-order valence-electron chi connectivity index (χ3n) is 5.70. The smallest absolute Gasteiger partial charge is 0.327 e. The highest BCUT2D eigenvalue weighted by Crippen LogP contribution is 2.31. The topological polar surface area (TPSA) is 110 Å². The van der Waals surface area contributed by atoms with E-state index in [0.29, 0.717) is 25.9 Å². The maximum atomic E-state index is 12.9. The first-order valence-electron chi connectivity index (χ1n) is 9.94. The lowest BCUT2D eigenvalue weighted by atomic mass is 9.83. The van der Waals surface area contributed by atoms with E-state index in [2.05, 4.69) is 4.72 Å². The summed E-state index contributed by atoms with van der Waals surface area (Å²) >= 11 is 0. The average Bonchev–Trinajstić information content (AvgIpc) is 2.74. The molecule has 1 aromatic carbocycles. The Labute approximate surface area is 172 Å². The standard InChI is InChI=1S/C19H28N2O6S2/c1-27-18(22)19(12-4-2-5-13-19)20-28(23,24)16-8-10-17(11-9-16)29(25,26)21-14-6-3-7-15-21/h8-11,20H,2-7,12-15H2,1H3. The predicted molar refractivity (Wildman–Crippen MR) is 107 cm³/mol. The van der Waals surface area contributed by atoms with Crippen molar-refractivity contribution in [2.24, 2.45) is 0 Å². The van der Waals surface area contributed by atoms with Crippen molar-refractivity contribution in [1.29, 1.82) is 0 Å². The molecule has 1 heterocycles. The van der Waals surface area contributed by atoms with Crippen molar-refractivity contribution >= 4 is 26.0 Å². The number of methoxy groups -OCH3 is 1. The van der Waals surface area contributed by atoms with Crippen molar-refractivity contribution in [2.45, 2.75) is 66.7 Å². The van der Waals surface area contributed by atoms with Gasteiger partial charge in [0, 0.05) is 13.1 Å². The van der Waals surface area contributed by atoms with Gasteiger partial charge in [-0.05, 0) is 49.9 Å². The molecule has 0 aromatic heterocycles. The summed E-state index contributed by atoms with van der Waals surface area (Å²) in [6.45, 7) is 0.956. The van der Waals surface area contributed by atoms with Gasteiger partial charge in [-0.1, -0.05) is 25.7 Å². The molecule has 1 aromatic rings. The minimum Gasteiger partial charge on any atom is -0.468 e. The number of piperidine rings is 1. The van der Waals surface area contributed by atoms with E-state index in [1.807, 2.05) is 0 Å². The quantitative estimate of drug-likeness (QED) is 0.672. The molecule has 0 spiro atoms. The molecule has 29 heavy (non-hydrogen) atoms. The first kappa shape index (κ1) is 22.2. The van der Waals surface area contributed by atoms with Gasteiger partial charge in [0.05, 0.1) is 16.9 Å². The zero-order valence-electron chi connectivity index (χ0n) is 16.6. The van der Waals surface area contributed by atoms with Crippen molar-refractivity contribution in [3.05, 3.63) is 24.3 Å². The average molecular weight is 445 g/mol. The first-order valence-corrected chi connectivity index (χ1v) is 12.9. The fourth-order valence-corrected chi connectivity index (χ4v) is 6.99. The highest BCUT2D eigenvalue weighted by atomic mass is 32.2. The molecule has 10 heteroatoms. The van der Waals surface area contributed by atoms with Crippen LogP contribution < -0.4 is 4.72 Å². The molecule has 2 fully saturated rings. The minimum absolute atomic E-state index is 0.0682. The molecule has 2 aliphatic rings. The van der Waals surface area contributed by atoms with Crippen LogP contribution in [0.5, 0.6) is 0 Å². The summed E-state index contributed by atoms with van der Waals surface area (Å²) in [5.74, 6) is -0.593. The van der Waals surface area contributed by atoms with E-state index in [1.165, 1.54) is 35.7 Å². The Bertz CT molecular complexity index is 929. The molecule has 8 nitrogen and oxygen atoms in total. The fourth-order valence-electron chi connectivity index (χ4n) is 4.06. The van der Waals surface area contributed by atoms with E-state index >= 15 is 0 Å². The van der Waals surface area contributed by atoms with Crippen LogP contribution in [0, 0.1) is 0 Å². The van der Waals surface area contributed by atoms with Crippen molar-refractivity contribution in [3.63, 3.8) is 0 Å². The lowest BCUT2D eigenvalue weighted by Crippen LogP contribution is -2.55. The number of sulfonamides is 2. The second-order valence-corrected chi connectivity index (χ2v) is 11.3. The van der Waals surface area contributed by atoms with Crippen LogP contribution in [0.4, 0.5) is 0 Å². The van der Waals surface area contributed by atoms with Crippen LogP contribution in [0.25, 0.3) is 0 Å². The van der Waals surface area contributed by atoms with E-state index < -0.39 is 31.6 Å². The number of benzene rings is 1. The van der Waals surface area contributed by atoms with Gasteiger partial charge in [-0.3, -0.25) is 4.79 Å². The number of hydrogen-bond donors (Lipinski definition) is 1. The highest BCUT2D eigenvalue weighted by molar-refractivity contribution is 7.89. The van der Waals surface area contributed by atoms with Crippen LogP contribution in [0.15, 0.2) is 34.1 Å². The number of rotatable bonds is 6. The predicted octanol–water partition coefficient (Wildman–Crippen LogP) is 2.02. The van der Waals surface area contributed by atoms with Crippen LogP contribution in [-0.4, -0.2) is 52.8 Å². The first-order chi connectivity index (χ1) is 13.7. The number of hydrogen-bond acceptors (Lipinski definition) is 6. The zero-order chi connectivity index (χ0) is 21.1. The van der Waals surface area contributed by atoms with Crippen LogP contribution in [0.2, 0.25) is 0 Å². The molecule has 0 amide bonds. The van der Waals surface area contributed by atoms with E-state index in [1.54, 1.807) is 0 Å². The maximum absolute atomic E-state index is 12.9. The van der Waals surface area contributed by atoms with E-state index in [4.69, 9.17) is 4.74 Å². The molecule has 1 saturated carbocycles. The van der Waals surface area contributed by atoms with E-state index in [-0.39, 0.29) is 9.79 Å². The molecule has 0 atom stereocenters. The Morgan fingerprint density at radius 3 is 1.97 bits per heavy atom. The second-order valence-electron chi connectivity index (χ2n) is 7.68. The minimum atomic E-state index is -4.02. The van der Waals surface area contributed by atoms with Crippen molar-refractivity contribution < 1.29 is 26.4 Å². The Hall–Kier alpha value is -1.49. The van der Waals surface area contributed by atoms with Crippen molar-refractivity contribution in [1.82, 2.24) is 9.03 Å². The van der Waals surface area contributed by atoms with Crippen LogP contribution in [-0.2, 0) is 29.6 Å². The Morgan fingerprint density at radius 2 is 1.41 bits per heavy atom. The molecule has 1 N–H and O–H groups in total. The molecule has 162 valence electrons. The largest absolute Gasteiger partial charge is 0.468 e. The normalized spacial score (nSPS) is 20.9. The number of ether oxygens (including phenoxy) is 1. The van der Waals surface area contributed by atoms with E-state index in [9.17, 15) is 21.6 Å².